The first kappa shape index (κ1) is 13.9. The number of hydrogen-bond acceptors (Lipinski definition) is 2. The van der Waals surface area contributed by atoms with Crippen molar-refractivity contribution < 1.29 is 4.79 Å². The lowest BCUT2D eigenvalue weighted by Gasteiger charge is -2.14. The largest absolute Gasteiger partial charge is 0.355 e. The molecule has 14 heavy (non-hydrogen) atoms. The van der Waals surface area contributed by atoms with Gasteiger partial charge in [0.25, 0.3) is 0 Å². The highest BCUT2D eigenvalue weighted by atomic mass is 79.9. The van der Waals surface area contributed by atoms with E-state index in [2.05, 4.69) is 26.1 Å². The Balaban J connectivity index is 3.54. The fraction of sp³-hybridized carbons (Fsp3) is 0.900. The number of alkyl halides is 1. The van der Waals surface area contributed by atoms with Gasteiger partial charge in [-0.2, -0.15) is 0 Å². The van der Waals surface area contributed by atoms with Gasteiger partial charge in [-0.25, -0.2) is 0 Å². The van der Waals surface area contributed by atoms with E-state index < -0.39 is 0 Å². The van der Waals surface area contributed by atoms with E-state index in [0.29, 0.717) is 5.92 Å². The van der Waals surface area contributed by atoms with Crippen LogP contribution in [0.3, 0.4) is 0 Å². The summed E-state index contributed by atoms with van der Waals surface area (Å²) in [5.74, 6) is 0.433. The van der Waals surface area contributed by atoms with Crippen molar-refractivity contribution in [3.8, 4) is 0 Å². The summed E-state index contributed by atoms with van der Waals surface area (Å²) in [6, 6.07) is 0. The Kier molecular flexibility index (Phi) is 7.19. The SMILES string of the molecule is CC(C)C(Br)C(=O)NCCCN(C)C. The summed E-state index contributed by atoms with van der Waals surface area (Å²) in [6.45, 7) is 5.82. The molecule has 0 aromatic rings. The third kappa shape index (κ3) is 6.38. The Morgan fingerprint density at radius 3 is 2.43 bits per heavy atom. The Hall–Kier alpha value is -0.0900. The van der Waals surface area contributed by atoms with Gasteiger partial charge in [-0.15, -0.1) is 0 Å². The van der Waals surface area contributed by atoms with Crippen molar-refractivity contribution in [1.82, 2.24) is 10.2 Å². The van der Waals surface area contributed by atoms with E-state index in [-0.39, 0.29) is 10.7 Å². The summed E-state index contributed by atoms with van der Waals surface area (Å²) in [7, 11) is 4.06. The predicted molar refractivity (Wildman–Crippen MR) is 63.7 cm³/mol. The topological polar surface area (TPSA) is 32.3 Å². The monoisotopic (exact) mass is 264 g/mol. The van der Waals surface area contributed by atoms with Crippen molar-refractivity contribution >= 4 is 21.8 Å². The van der Waals surface area contributed by atoms with Crippen LogP contribution in [-0.4, -0.2) is 42.8 Å². The van der Waals surface area contributed by atoms with Gasteiger partial charge in [0.05, 0.1) is 4.83 Å². The molecule has 0 aromatic carbocycles. The first-order valence-electron chi connectivity index (χ1n) is 5.01. The smallest absolute Gasteiger partial charge is 0.234 e. The maximum atomic E-state index is 11.5. The summed E-state index contributed by atoms with van der Waals surface area (Å²) < 4.78 is 0. The molecule has 1 unspecified atom stereocenters. The number of carbonyl (C=O) groups is 1. The van der Waals surface area contributed by atoms with Gasteiger partial charge in [-0.3, -0.25) is 4.79 Å². The number of halogens is 1. The van der Waals surface area contributed by atoms with Crippen LogP contribution in [0.15, 0.2) is 0 Å². The van der Waals surface area contributed by atoms with E-state index in [4.69, 9.17) is 0 Å². The van der Waals surface area contributed by atoms with Crippen molar-refractivity contribution in [1.29, 1.82) is 0 Å². The second-order valence-corrected chi connectivity index (χ2v) is 5.08. The first-order chi connectivity index (χ1) is 6.45. The third-order valence-electron chi connectivity index (χ3n) is 1.92. The molecule has 0 aromatic heterocycles. The minimum atomic E-state index is -0.0677. The number of hydrogen-bond donors (Lipinski definition) is 1. The highest BCUT2D eigenvalue weighted by Crippen LogP contribution is 2.11. The number of carbonyl (C=O) groups excluding carboxylic acids is 1. The van der Waals surface area contributed by atoms with Gasteiger partial charge in [0.1, 0.15) is 0 Å². The predicted octanol–water partition coefficient (Wildman–Crippen LogP) is 1.47. The Morgan fingerprint density at radius 2 is 2.00 bits per heavy atom. The molecule has 0 rings (SSSR count). The van der Waals surface area contributed by atoms with Crippen LogP contribution in [0.4, 0.5) is 0 Å². The van der Waals surface area contributed by atoms with E-state index in [1.54, 1.807) is 0 Å². The molecule has 0 radical (unpaired) electrons. The fourth-order valence-corrected chi connectivity index (χ4v) is 1.17. The van der Waals surface area contributed by atoms with Crippen LogP contribution in [0.2, 0.25) is 0 Å². The maximum Gasteiger partial charge on any atom is 0.234 e. The van der Waals surface area contributed by atoms with Crippen molar-refractivity contribution in [2.24, 2.45) is 5.92 Å². The molecule has 0 spiro atoms. The van der Waals surface area contributed by atoms with E-state index in [0.717, 1.165) is 19.5 Å². The Morgan fingerprint density at radius 1 is 1.43 bits per heavy atom. The molecule has 4 heteroatoms. The van der Waals surface area contributed by atoms with Gasteiger partial charge < -0.3 is 10.2 Å². The summed E-state index contributed by atoms with van der Waals surface area (Å²) in [4.78, 5) is 13.5. The minimum Gasteiger partial charge on any atom is -0.355 e. The molecule has 0 fully saturated rings. The molecule has 3 nitrogen and oxygen atoms in total. The molecule has 0 aliphatic heterocycles. The summed E-state index contributed by atoms with van der Waals surface area (Å²) in [5.41, 5.74) is 0. The van der Waals surface area contributed by atoms with Crippen LogP contribution in [0.5, 0.6) is 0 Å². The normalized spacial score (nSPS) is 13.4. The van der Waals surface area contributed by atoms with Crippen LogP contribution in [0.1, 0.15) is 20.3 Å². The van der Waals surface area contributed by atoms with Crippen LogP contribution < -0.4 is 5.32 Å². The van der Waals surface area contributed by atoms with Crippen molar-refractivity contribution in [2.75, 3.05) is 27.2 Å². The summed E-state index contributed by atoms with van der Waals surface area (Å²) >= 11 is 3.37. The second-order valence-electron chi connectivity index (χ2n) is 4.09. The average Bonchev–Trinajstić information content (AvgIpc) is 2.10. The lowest BCUT2D eigenvalue weighted by molar-refractivity contribution is -0.121. The van der Waals surface area contributed by atoms with E-state index in [9.17, 15) is 4.79 Å². The molecule has 0 aliphatic carbocycles. The number of nitrogens with one attached hydrogen (secondary N) is 1. The second kappa shape index (κ2) is 7.23. The molecule has 0 aliphatic rings. The third-order valence-corrected chi connectivity index (χ3v) is 3.39. The van der Waals surface area contributed by atoms with E-state index >= 15 is 0 Å². The zero-order valence-corrected chi connectivity index (χ0v) is 11.1. The molecule has 1 N–H and O–H groups in total. The molecule has 1 atom stereocenters. The Bertz CT molecular complexity index is 172. The van der Waals surface area contributed by atoms with Gasteiger partial charge in [0.15, 0.2) is 0 Å². The maximum absolute atomic E-state index is 11.5. The number of rotatable bonds is 6. The van der Waals surface area contributed by atoms with Crippen LogP contribution >= 0.6 is 15.9 Å². The zero-order valence-electron chi connectivity index (χ0n) is 9.51. The molecular formula is C10H21BrN2O. The first-order valence-corrected chi connectivity index (χ1v) is 5.93. The molecule has 0 heterocycles. The van der Waals surface area contributed by atoms with Gasteiger partial charge in [-0.05, 0) is 33.0 Å². The van der Waals surface area contributed by atoms with Crippen LogP contribution in [-0.2, 0) is 4.79 Å². The van der Waals surface area contributed by atoms with Crippen LogP contribution in [0.25, 0.3) is 0 Å². The highest BCUT2D eigenvalue weighted by Gasteiger charge is 2.17. The number of nitrogens with zero attached hydrogens (tertiary/aromatic N) is 1. The van der Waals surface area contributed by atoms with Gasteiger partial charge in [0, 0.05) is 6.54 Å². The number of amides is 1. The molecule has 84 valence electrons. The zero-order chi connectivity index (χ0) is 11.1. The quantitative estimate of drug-likeness (QED) is 0.582. The Labute approximate surface area is 95.4 Å². The highest BCUT2D eigenvalue weighted by molar-refractivity contribution is 9.10. The van der Waals surface area contributed by atoms with Gasteiger partial charge >= 0.3 is 0 Å². The molecule has 0 bridgehead atoms. The van der Waals surface area contributed by atoms with Crippen molar-refractivity contribution in [3.63, 3.8) is 0 Å². The van der Waals surface area contributed by atoms with E-state index in [1.165, 1.54) is 0 Å². The van der Waals surface area contributed by atoms with Crippen molar-refractivity contribution in [3.05, 3.63) is 0 Å². The average molecular weight is 265 g/mol. The van der Waals surface area contributed by atoms with Crippen LogP contribution in [0, 0.1) is 5.92 Å². The minimum absolute atomic E-state index is 0.0677. The van der Waals surface area contributed by atoms with Gasteiger partial charge in [-0.1, -0.05) is 29.8 Å². The van der Waals surface area contributed by atoms with E-state index in [1.807, 2.05) is 27.9 Å². The summed E-state index contributed by atoms with van der Waals surface area (Å²) in [6.07, 6.45) is 0.997. The molecule has 0 saturated carbocycles. The molecule has 1 amide bonds. The molecular weight excluding hydrogens is 244 g/mol. The standard InChI is InChI=1S/C10H21BrN2O/c1-8(2)9(11)10(14)12-6-5-7-13(3)4/h8-9H,5-7H2,1-4H3,(H,12,14). The fourth-order valence-electron chi connectivity index (χ4n) is 1.01. The van der Waals surface area contributed by atoms with Crippen molar-refractivity contribution in [2.45, 2.75) is 25.1 Å². The lowest BCUT2D eigenvalue weighted by atomic mass is 10.1. The summed E-state index contributed by atoms with van der Waals surface area (Å²) in [5, 5.41) is 2.91. The molecule has 0 saturated heterocycles. The lowest BCUT2D eigenvalue weighted by Crippen LogP contribution is -2.35. The van der Waals surface area contributed by atoms with Gasteiger partial charge in [0.2, 0.25) is 5.91 Å².